The Bertz CT molecular complexity index is 2600. The Hall–Kier alpha value is -3.36. The molecule has 3 saturated heterocycles. The summed E-state index contributed by atoms with van der Waals surface area (Å²) in [5.74, 6) is -1.33. The number of carboxylic acids is 1. The second kappa shape index (κ2) is 16.1. The van der Waals surface area contributed by atoms with Crippen molar-refractivity contribution < 1.29 is 59.2 Å². The van der Waals surface area contributed by atoms with Gasteiger partial charge >= 0.3 is 5.97 Å². The summed E-state index contributed by atoms with van der Waals surface area (Å²) in [6.45, 7) is 4.48. The average molecular weight is 963 g/mol. The van der Waals surface area contributed by atoms with Crippen molar-refractivity contribution in [2.75, 3.05) is 19.8 Å². The molecule has 4 aliphatic heterocycles. The maximum atomic E-state index is 13.0. The van der Waals surface area contributed by atoms with Gasteiger partial charge < -0.3 is 49.6 Å². The minimum atomic E-state index is -1.71. The fourth-order valence-electron chi connectivity index (χ4n) is 20.0. The van der Waals surface area contributed by atoms with E-state index in [1.54, 1.807) is 13.0 Å². The van der Waals surface area contributed by atoms with E-state index in [2.05, 4.69) is 6.08 Å². The quantitative estimate of drug-likeness (QED) is 0.145. The highest BCUT2D eigenvalue weighted by atomic mass is 16.7. The largest absolute Gasteiger partial charge is 0.506 e. The van der Waals surface area contributed by atoms with Crippen molar-refractivity contribution in [1.29, 1.82) is 0 Å². The molecule has 4 heterocycles. The van der Waals surface area contributed by atoms with E-state index in [4.69, 9.17) is 18.9 Å². The summed E-state index contributed by atoms with van der Waals surface area (Å²) >= 11 is 0. The number of aliphatic hydroxyl groups is 4. The van der Waals surface area contributed by atoms with Gasteiger partial charge in [0.05, 0.1) is 35.3 Å². The molecule has 9 fully saturated rings. The molecule has 13 rings (SSSR count). The first-order valence-corrected chi connectivity index (χ1v) is 27.3. The van der Waals surface area contributed by atoms with Gasteiger partial charge in [0.2, 0.25) is 6.29 Å². The number of allylic oxidation sites excluding steroid dienone is 2. The number of carboxylic acid groups (broad SMARTS) is 1. The maximum Gasteiger partial charge on any atom is 0.335 e. The summed E-state index contributed by atoms with van der Waals surface area (Å²) in [6.07, 6.45) is 18.3. The Morgan fingerprint density at radius 3 is 2.39 bits per heavy atom. The van der Waals surface area contributed by atoms with Crippen molar-refractivity contribution in [2.24, 2.45) is 50.7 Å². The molecule has 11 aliphatic rings. The van der Waals surface area contributed by atoms with Crippen LogP contribution in [-0.4, -0.2) is 105 Å². The molecule has 6 N–H and O–H groups in total. The van der Waals surface area contributed by atoms with Gasteiger partial charge in [0.15, 0.2) is 5.78 Å². The second-order valence-corrected chi connectivity index (χ2v) is 25.4. The number of hydrogen-bond donors (Lipinski definition) is 6. The molecule has 12 heteroatoms. The molecule has 15 atom stereocenters. The first-order valence-electron chi connectivity index (χ1n) is 27.3. The summed E-state index contributed by atoms with van der Waals surface area (Å²) < 4.78 is 27.5. The van der Waals surface area contributed by atoms with Crippen LogP contribution < -0.4 is 4.74 Å². The highest BCUT2D eigenvalue weighted by molar-refractivity contribution is 6.08. The summed E-state index contributed by atoms with van der Waals surface area (Å²) in [5.41, 5.74) is 4.05. The van der Waals surface area contributed by atoms with Gasteiger partial charge in [0, 0.05) is 18.6 Å². The Labute approximate surface area is 411 Å². The van der Waals surface area contributed by atoms with Gasteiger partial charge in [-0.25, -0.2) is 4.79 Å². The van der Waals surface area contributed by atoms with Crippen LogP contribution in [0, 0.1) is 57.7 Å². The summed E-state index contributed by atoms with van der Waals surface area (Å²) in [7, 11) is 0. The number of benzene rings is 2. The standard InChI is InChI=1S/C58H74O12/c1-31-21-33-22-34(51(65)66)23-42(44(33)47(62)43(31)32(2)60)68-52-48(63)49(64)58-26-37-38-25-54(17-19-56(29-54)14-5-13-55(56)18-16-53(28-55)11-3-4-12-53)24-35-27-67-30-57(46(35)38,15-6-20-59)39-8-7-36(45(37)39)41(70-58)10-9-40(61)50(58)69-52/h8,21-23,35,37-38,40-41,46,48-50,52,59,61-64H,3-7,9-20,24-30H2,1-2H3,(H,65,66)/t35-,37-,38+,40-,41+,46-,48+,49+,50+,52+,54-,55+,56-,57-,58-/m0/s1. The minimum absolute atomic E-state index is 0.0433. The van der Waals surface area contributed by atoms with Crippen LogP contribution in [0.5, 0.6) is 11.5 Å². The van der Waals surface area contributed by atoms with E-state index < -0.39 is 48.4 Å². The van der Waals surface area contributed by atoms with Gasteiger partial charge in [0.1, 0.15) is 35.4 Å². The van der Waals surface area contributed by atoms with Crippen LogP contribution in [0.15, 0.2) is 41.0 Å². The van der Waals surface area contributed by atoms with Gasteiger partial charge in [-0.15, -0.1) is 0 Å². The van der Waals surface area contributed by atoms with E-state index in [9.17, 15) is 40.2 Å². The normalized spacial score (nSPS) is 44.2. The molecule has 2 aromatic rings. The third-order valence-corrected chi connectivity index (χ3v) is 22.3. The molecule has 12 nitrogen and oxygen atoms in total. The Morgan fingerprint density at radius 1 is 0.886 bits per heavy atom. The molecular formula is C58H74O12. The number of fused-ring (bicyclic) bond motifs is 6. The SMILES string of the molecule is CC(=O)c1c(C)cc2cc(C(=O)O)cc(O[C@@H]3O[C@@H]4[C@@H](O)CC[C@H]5O[C@@]4(C[C@@H]4C6=C5CC=C6[C@]5(CCCO)COC[C@@H]6C[C@@]7(CC[C@@]8(CCC[C@]89CCC8(CCCC8)C9)C7)C[C@H]4[C@H]65)[C@H](O)[C@H]3O)c2c1O. The predicted octanol–water partition coefficient (Wildman–Crippen LogP) is 9.02. The fraction of sp³-hybridized carbons (Fsp3) is 0.724. The number of aromatic hydroxyl groups is 1. The molecular weight excluding hydrogens is 889 g/mol. The molecule has 0 radical (unpaired) electrons. The molecule has 0 unspecified atom stereocenters. The van der Waals surface area contributed by atoms with Gasteiger partial charge in [-0.2, -0.15) is 0 Å². The van der Waals surface area contributed by atoms with Crippen LogP contribution in [-0.2, 0) is 14.2 Å². The van der Waals surface area contributed by atoms with E-state index in [0.717, 1.165) is 19.4 Å². The smallest absolute Gasteiger partial charge is 0.335 e. The van der Waals surface area contributed by atoms with Crippen LogP contribution in [0.2, 0.25) is 0 Å². The van der Waals surface area contributed by atoms with Crippen molar-refractivity contribution in [3.63, 3.8) is 0 Å². The number of aryl methyl sites for hydroxylation is 1. The Kier molecular flexibility index (Phi) is 10.7. The van der Waals surface area contributed by atoms with E-state index in [1.807, 2.05) is 0 Å². The van der Waals surface area contributed by atoms with Crippen LogP contribution >= 0.6 is 0 Å². The Morgan fingerprint density at radius 2 is 1.64 bits per heavy atom. The minimum Gasteiger partial charge on any atom is -0.506 e. The number of rotatable bonds is 7. The first-order chi connectivity index (χ1) is 33.6. The first kappa shape index (κ1) is 46.4. The van der Waals surface area contributed by atoms with Gasteiger partial charge in [-0.1, -0.05) is 31.4 Å². The number of hydrogen-bond acceptors (Lipinski definition) is 11. The number of Topliss-reactive ketones (excluding diaryl/α,β-unsaturated/α-hetero) is 1. The topological polar surface area (TPSA) is 192 Å². The van der Waals surface area contributed by atoms with Crippen LogP contribution in [0.3, 0.4) is 0 Å². The van der Waals surface area contributed by atoms with Crippen molar-refractivity contribution >= 4 is 22.5 Å². The van der Waals surface area contributed by atoms with E-state index in [0.29, 0.717) is 77.7 Å². The fourth-order valence-corrected chi connectivity index (χ4v) is 20.0. The zero-order chi connectivity index (χ0) is 48.3. The molecule has 0 aromatic heterocycles. The third-order valence-electron chi connectivity index (χ3n) is 22.3. The second-order valence-electron chi connectivity index (χ2n) is 25.4. The van der Waals surface area contributed by atoms with E-state index >= 15 is 0 Å². The molecule has 70 heavy (non-hydrogen) atoms. The number of aromatic carboxylic acids is 1. The average Bonchev–Trinajstić information content (AvgIpc) is 4.16. The zero-order valence-electron chi connectivity index (χ0n) is 41.2. The molecule has 7 aliphatic carbocycles. The molecule has 2 aromatic carbocycles. The molecule has 5 spiro atoms. The summed E-state index contributed by atoms with van der Waals surface area (Å²) in [4.78, 5) is 25.2. The molecule has 0 amide bonds. The van der Waals surface area contributed by atoms with Crippen molar-refractivity contribution in [1.82, 2.24) is 0 Å². The van der Waals surface area contributed by atoms with Gasteiger partial charge in [-0.3, -0.25) is 4.79 Å². The number of phenols is 1. The summed E-state index contributed by atoms with van der Waals surface area (Å²) in [6, 6.07) is 4.25. The van der Waals surface area contributed by atoms with Crippen molar-refractivity contribution in [3.05, 3.63) is 57.7 Å². The number of ketones is 1. The molecule has 2 bridgehead atoms. The van der Waals surface area contributed by atoms with E-state index in [1.165, 1.54) is 126 Å². The van der Waals surface area contributed by atoms with Crippen molar-refractivity contribution in [3.8, 4) is 11.5 Å². The number of ether oxygens (including phenoxy) is 4. The number of phenolic OH excluding ortho intramolecular Hbond substituents is 1. The zero-order valence-corrected chi connectivity index (χ0v) is 41.2. The number of carbonyl (C=O) groups excluding carboxylic acids is 1. The van der Waals surface area contributed by atoms with Gasteiger partial charge in [-0.05, 0) is 215 Å². The predicted molar refractivity (Wildman–Crippen MR) is 258 cm³/mol. The van der Waals surface area contributed by atoms with Gasteiger partial charge in [0.25, 0.3) is 0 Å². The summed E-state index contributed by atoms with van der Waals surface area (Å²) in [5, 5.41) is 70.4. The highest BCUT2D eigenvalue weighted by Crippen LogP contribution is 2.78. The molecule has 6 saturated carbocycles. The highest BCUT2D eigenvalue weighted by Gasteiger charge is 2.71. The lowest BCUT2D eigenvalue weighted by Gasteiger charge is -2.64. The maximum absolute atomic E-state index is 13.0. The Balaban J connectivity index is 0.889. The monoisotopic (exact) mass is 963 g/mol. The van der Waals surface area contributed by atoms with Crippen LogP contribution in [0.25, 0.3) is 10.8 Å². The van der Waals surface area contributed by atoms with Crippen LogP contribution in [0.1, 0.15) is 168 Å². The number of aliphatic hydroxyl groups excluding tert-OH is 4. The van der Waals surface area contributed by atoms with Crippen molar-refractivity contribution in [2.45, 2.75) is 191 Å². The van der Waals surface area contributed by atoms with E-state index in [-0.39, 0.29) is 63.1 Å². The lowest BCUT2D eigenvalue weighted by molar-refractivity contribution is -0.336. The third kappa shape index (κ3) is 6.38. The lowest BCUT2D eigenvalue weighted by Crippen LogP contribution is -2.71. The number of carbonyl (C=O) groups is 2. The lowest BCUT2D eigenvalue weighted by atomic mass is 9.42. The van der Waals surface area contributed by atoms with Crippen LogP contribution in [0.4, 0.5) is 0 Å². The molecule has 378 valence electrons.